The van der Waals surface area contributed by atoms with E-state index in [1.165, 1.54) is 0 Å². The molecule has 0 aliphatic heterocycles. The van der Waals surface area contributed by atoms with Crippen LogP contribution in [0.1, 0.15) is 1.43 Å². The summed E-state index contributed by atoms with van der Waals surface area (Å²) in [7, 11) is 0. The topological polar surface area (TPSA) is 23.8 Å². The average Bonchev–Trinajstić information content (AvgIpc) is 1.00. The molecule has 0 aromatic heterocycles. The molecule has 0 heterocycles. The Balaban J connectivity index is -0.00000000167. The Morgan fingerprint density at radius 1 is 1.50 bits per heavy atom. The Labute approximate surface area is 41.2 Å². The van der Waals surface area contributed by atoms with Crippen LogP contribution in [-0.2, 0) is 0 Å². The summed E-state index contributed by atoms with van der Waals surface area (Å²) in [4.78, 5) is 0. The van der Waals surface area contributed by atoms with Crippen molar-refractivity contribution in [2.45, 2.75) is 0 Å². The zero-order valence-corrected chi connectivity index (χ0v) is 1.60. The first-order valence-corrected chi connectivity index (χ1v) is 0.258. The standard InChI is InChI=1S/CHN.B.Li.H2.H/c1-2;;;;/h1H;;;1H;. The Kier molecular flexibility index (Phi) is 4890. The van der Waals surface area contributed by atoms with Crippen molar-refractivity contribution >= 4 is 27.3 Å². The van der Waals surface area contributed by atoms with Crippen LogP contribution in [0.4, 0.5) is 0 Å². The third kappa shape index (κ3) is 123. The fourth-order valence-corrected chi connectivity index (χ4v) is 0. The van der Waals surface area contributed by atoms with Crippen LogP contribution in [0.3, 0.4) is 0 Å². The predicted molar refractivity (Wildman–Crippen MR) is 21.7 cm³/mol. The van der Waals surface area contributed by atoms with E-state index in [-0.39, 0.29) is 28.7 Å². The molecule has 3 radical (unpaired) electrons. The van der Waals surface area contributed by atoms with Crippen LogP contribution in [0.2, 0.25) is 0 Å². The Bertz CT molecular complexity index is 16.4. The Morgan fingerprint density at radius 2 is 1.50 bits per heavy atom. The molecule has 0 bridgehead atoms. The normalized spacial score (nSPS) is 0.500. The molecule has 17 valence electrons. The summed E-state index contributed by atoms with van der Waals surface area (Å²) in [5.41, 5.74) is 0. The minimum absolute atomic E-state index is 0. The van der Waals surface area contributed by atoms with Gasteiger partial charge in [-0.1, -0.05) is 0 Å². The molecule has 0 amide bonds. The molecule has 0 N–H and O–H groups in total. The molecule has 0 unspecified atom stereocenters. The van der Waals surface area contributed by atoms with Gasteiger partial charge in [0.25, 0.3) is 0 Å². The maximum absolute atomic E-state index is 6.50. The van der Waals surface area contributed by atoms with Gasteiger partial charge in [0.15, 0.2) is 0 Å². The van der Waals surface area contributed by atoms with Gasteiger partial charge in [-0.15, -0.1) is 0 Å². The summed E-state index contributed by atoms with van der Waals surface area (Å²) >= 11 is 0. The fourth-order valence-electron chi connectivity index (χ4n) is 0. The van der Waals surface area contributed by atoms with Crippen molar-refractivity contribution in [3.63, 3.8) is 0 Å². The van der Waals surface area contributed by atoms with Gasteiger partial charge < -0.3 is 0 Å². The minimum atomic E-state index is 0. The molecule has 0 rings (SSSR count). The van der Waals surface area contributed by atoms with Gasteiger partial charge in [-0.05, 0) is 0 Å². The van der Waals surface area contributed by atoms with Gasteiger partial charge >= 0.3 is 18.9 Å². The summed E-state index contributed by atoms with van der Waals surface area (Å²) < 4.78 is 0. The van der Waals surface area contributed by atoms with Crippen molar-refractivity contribution in [1.82, 2.24) is 0 Å². The van der Waals surface area contributed by atoms with Gasteiger partial charge in [-0.3, -0.25) is 0 Å². The number of hydrogen-bond donors (Lipinski definition) is 0. The molecular weight excluding hydrogens is 43.8 g/mol. The van der Waals surface area contributed by atoms with E-state index in [0.29, 0.717) is 0 Å². The second kappa shape index (κ2) is 629. The summed E-state index contributed by atoms with van der Waals surface area (Å²) in [5, 5.41) is 6.50. The van der Waals surface area contributed by atoms with Gasteiger partial charge in [-0.25, -0.2) is 5.26 Å². The maximum atomic E-state index is 6.50. The van der Waals surface area contributed by atoms with Crippen molar-refractivity contribution in [3.8, 4) is 6.57 Å². The Hall–Kier alpha value is 0.152. The van der Waals surface area contributed by atoms with Crippen LogP contribution < -0.4 is 0 Å². The summed E-state index contributed by atoms with van der Waals surface area (Å²) in [6.07, 6.45) is 0. The van der Waals surface area contributed by atoms with Crippen LogP contribution in [0.5, 0.6) is 0 Å². The second-order valence-corrected chi connectivity index (χ2v) is 0. The Morgan fingerprint density at radius 3 is 1.50 bits per heavy atom. The van der Waals surface area contributed by atoms with Gasteiger partial charge in [0.05, 0.1) is 0 Å². The van der Waals surface area contributed by atoms with Crippen molar-refractivity contribution in [1.29, 1.82) is 5.26 Å². The molecule has 0 aliphatic carbocycles. The van der Waals surface area contributed by atoms with Crippen molar-refractivity contribution in [3.05, 3.63) is 0 Å². The quantitative estimate of drug-likeness (QED) is 0.334. The van der Waals surface area contributed by atoms with E-state index in [2.05, 4.69) is 6.57 Å². The second-order valence-electron chi connectivity index (χ2n) is 0. The zero-order valence-electron chi connectivity index (χ0n) is 1.60. The van der Waals surface area contributed by atoms with Crippen molar-refractivity contribution < 1.29 is 1.43 Å². The van der Waals surface area contributed by atoms with Crippen LogP contribution in [-0.4, -0.2) is 27.3 Å². The fraction of sp³-hybridized carbons (Fsp3) is 0. The molecular formula is CH4BLiN. The summed E-state index contributed by atoms with van der Waals surface area (Å²) in [6, 6.07) is 0. The van der Waals surface area contributed by atoms with Gasteiger partial charge in [0.1, 0.15) is 0 Å². The molecule has 0 spiro atoms. The van der Waals surface area contributed by atoms with E-state index in [4.69, 9.17) is 5.26 Å². The molecule has 0 aromatic carbocycles. The zero-order chi connectivity index (χ0) is 2.00. The van der Waals surface area contributed by atoms with Crippen molar-refractivity contribution in [2.75, 3.05) is 0 Å². The van der Waals surface area contributed by atoms with Crippen LogP contribution in [0, 0.1) is 11.8 Å². The van der Waals surface area contributed by atoms with Crippen LogP contribution >= 0.6 is 0 Å². The van der Waals surface area contributed by atoms with Crippen molar-refractivity contribution in [2.24, 2.45) is 0 Å². The number of rotatable bonds is 0. The third-order valence-corrected chi connectivity index (χ3v) is 0. The van der Waals surface area contributed by atoms with E-state index in [1.807, 2.05) is 0 Å². The molecule has 0 aliphatic rings. The molecule has 4 heavy (non-hydrogen) atoms. The SMILES string of the molecule is C#N.[B].[HH].[LiH]. The van der Waals surface area contributed by atoms with E-state index >= 15 is 0 Å². The molecule has 0 fully saturated rings. The first-order valence-electron chi connectivity index (χ1n) is 0.258. The molecule has 0 saturated carbocycles. The monoisotopic (exact) mass is 48.1 g/mol. The van der Waals surface area contributed by atoms with Crippen LogP contribution in [0.15, 0.2) is 0 Å². The molecule has 0 aromatic rings. The first kappa shape index (κ1) is 31.1. The van der Waals surface area contributed by atoms with E-state index in [1.54, 1.807) is 0 Å². The first-order chi connectivity index (χ1) is 1.00. The number of nitrogens with zero attached hydrogens (tertiary/aromatic N) is 1. The van der Waals surface area contributed by atoms with E-state index < -0.39 is 0 Å². The van der Waals surface area contributed by atoms with Gasteiger partial charge in [-0.2, -0.15) is 0 Å². The predicted octanol–water partition coefficient (Wildman–Crippen LogP) is -0.644. The molecule has 1 nitrogen and oxygen atoms in total. The van der Waals surface area contributed by atoms with E-state index in [9.17, 15) is 0 Å². The number of hydrogen-bond acceptors (Lipinski definition) is 1. The van der Waals surface area contributed by atoms with Gasteiger partial charge in [0.2, 0.25) is 0 Å². The number of nitriles is 1. The van der Waals surface area contributed by atoms with E-state index in [0.717, 1.165) is 0 Å². The molecule has 0 saturated heterocycles. The molecule has 0 atom stereocenters. The summed E-state index contributed by atoms with van der Waals surface area (Å²) in [5.74, 6) is 0. The molecule has 3 heteroatoms. The summed E-state index contributed by atoms with van der Waals surface area (Å²) in [6.45, 7) is 3.50. The van der Waals surface area contributed by atoms with Crippen LogP contribution in [0.25, 0.3) is 0 Å². The third-order valence-electron chi connectivity index (χ3n) is 0. The van der Waals surface area contributed by atoms with Gasteiger partial charge in [0, 0.05) is 16.4 Å². The average molecular weight is 47.8 g/mol.